The second kappa shape index (κ2) is 4.17. The Morgan fingerprint density at radius 2 is 1.93 bits per heavy atom. The summed E-state index contributed by atoms with van der Waals surface area (Å²) in [5.41, 5.74) is -0.219. The molecule has 4 heteroatoms. The Balaban J connectivity index is 2.17. The lowest BCUT2D eigenvalue weighted by Gasteiger charge is -2.35. The SMILES string of the molecule is CNC1CC(OC(=O)NC(C)(C)C)C1. The molecule has 1 amide bonds. The van der Waals surface area contributed by atoms with Crippen molar-refractivity contribution >= 4 is 6.09 Å². The Labute approximate surface area is 85.4 Å². The van der Waals surface area contributed by atoms with Crippen molar-refractivity contribution in [1.82, 2.24) is 10.6 Å². The molecule has 1 aliphatic rings. The Morgan fingerprint density at radius 1 is 1.36 bits per heavy atom. The van der Waals surface area contributed by atoms with Crippen molar-refractivity contribution < 1.29 is 9.53 Å². The first kappa shape index (κ1) is 11.3. The molecular formula is C10H20N2O2. The minimum Gasteiger partial charge on any atom is -0.446 e. The van der Waals surface area contributed by atoms with Gasteiger partial charge in [0.2, 0.25) is 0 Å². The molecule has 0 bridgehead atoms. The van der Waals surface area contributed by atoms with Gasteiger partial charge < -0.3 is 15.4 Å². The summed E-state index contributed by atoms with van der Waals surface area (Å²) in [6, 6.07) is 0.516. The number of hydrogen-bond donors (Lipinski definition) is 2. The number of alkyl carbamates (subject to hydrolysis) is 1. The van der Waals surface area contributed by atoms with Gasteiger partial charge in [-0.25, -0.2) is 4.79 Å². The van der Waals surface area contributed by atoms with Crippen LogP contribution in [-0.4, -0.2) is 30.8 Å². The standard InChI is InChI=1S/C10H20N2O2/c1-10(2,3)12-9(13)14-8-5-7(6-8)11-4/h7-8,11H,5-6H2,1-4H3,(H,12,13). The quantitative estimate of drug-likeness (QED) is 0.705. The molecule has 14 heavy (non-hydrogen) atoms. The van der Waals surface area contributed by atoms with Crippen LogP contribution in [0.3, 0.4) is 0 Å². The molecule has 2 N–H and O–H groups in total. The number of nitrogens with one attached hydrogen (secondary N) is 2. The molecule has 0 aromatic heterocycles. The highest BCUT2D eigenvalue weighted by molar-refractivity contribution is 5.68. The minimum absolute atomic E-state index is 0.0924. The Kier molecular flexibility index (Phi) is 3.37. The van der Waals surface area contributed by atoms with E-state index in [1.165, 1.54) is 0 Å². The van der Waals surface area contributed by atoms with Crippen molar-refractivity contribution in [2.75, 3.05) is 7.05 Å². The smallest absolute Gasteiger partial charge is 0.407 e. The summed E-state index contributed by atoms with van der Waals surface area (Å²) >= 11 is 0. The lowest BCUT2D eigenvalue weighted by atomic mass is 9.89. The third-order valence-corrected chi connectivity index (χ3v) is 2.25. The molecule has 82 valence electrons. The Hall–Kier alpha value is -0.770. The van der Waals surface area contributed by atoms with E-state index in [4.69, 9.17) is 4.74 Å². The summed E-state index contributed by atoms with van der Waals surface area (Å²) in [5.74, 6) is 0. The number of carbonyl (C=O) groups excluding carboxylic acids is 1. The highest BCUT2D eigenvalue weighted by Gasteiger charge is 2.31. The number of rotatable bonds is 2. The molecule has 0 aromatic rings. The molecule has 4 nitrogen and oxygen atoms in total. The summed E-state index contributed by atoms with van der Waals surface area (Å²) in [6.07, 6.45) is 1.63. The summed E-state index contributed by atoms with van der Waals surface area (Å²) in [5, 5.41) is 5.91. The molecule has 1 aliphatic carbocycles. The van der Waals surface area contributed by atoms with Gasteiger partial charge in [-0.1, -0.05) is 0 Å². The van der Waals surface area contributed by atoms with E-state index in [9.17, 15) is 4.79 Å². The van der Waals surface area contributed by atoms with Crippen LogP contribution in [0.15, 0.2) is 0 Å². The molecule has 0 aliphatic heterocycles. The summed E-state index contributed by atoms with van der Waals surface area (Å²) in [4.78, 5) is 11.3. The Morgan fingerprint density at radius 3 is 2.36 bits per heavy atom. The maximum absolute atomic E-state index is 11.3. The van der Waals surface area contributed by atoms with Gasteiger partial charge in [0.25, 0.3) is 0 Å². The second-order valence-electron chi connectivity index (χ2n) is 4.86. The van der Waals surface area contributed by atoms with Crippen LogP contribution in [0.4, 0.5) is 4.79 Å². The number of hydrogen-bond acceptors (Lipinski definition) is 3. The van der Waals surface area contributed by atoms with Crippen molar-refractivity contribution in [1.29, 1.82) is 0 Å². The van der Waals surface area contributed by atoms with Crippen molar-refractivity contribution in [2.45, 2.75) is 51.3 Å². The maximum atomic E-state index is 11.3. The minimum atomic E-state index is -0.308. The summed E-state index contributed by atoms with van der Waals surface area (Å²) in [6.45, 7) is 5.81. The molecule has 0 heterocycles. The fraction of sp³-hybridized carbons (Fsp3) is 0.900. The first-order chi connectivity index (χ1) is 6.40. The molecule has 1 saturated carbocycles. The van der Waals surface area contributed by atoms with Gasteiger partial charge in [-0.15, -0.1) is 0 Å². The maximum Gasteiger partial charge on any atom is 0.407 e. The predicted octanol–water partition coefficient (Wildman–Crippen LogP) is 1.26. The second-order valence-corrected chi connectivity index (χ2v) is 4.86. The van der Waals surface area contributed by atoms with E-state index in [-0.39, 0.29) is 17.7 Å². The zero-order valence-corrected chi connectivity index (χ0v) is 9.39. The van der Waals surface area contributed by atoms with Crippen LogP contribution in [0.5, 0.6) is 0 Å². The van der Waals surface area contributed by atoms with Crippen molar-refractivity contribution in [2.24, 2.45) is 0 Å². The van der Waals surface area contributed by atoms with Crippen LogP contribution < -0.4 is 10.6 Å². The van der Waals surface area contributed by atoms with E-state index in [0.29, 0.717) is 6.04 Å². The number of amides is 1. The van der Waals surface area contributed by atoms with E-state index >= 15 is 0 Å². The first-order valence-corrected chi connectivity index (χ1v) is 5.07. The van der Waals surface area contributed by atoms with Gasteiger partial charge in [-0.3, -0.25) is 0 Å². The average Bonchev–Trinajstić information content (AvgIpc) is 1.91. The molecule has 1 fully saturated rings. The van der Waals surface area contributed by atoms with Crippen molar-refractivity contribution in [3.63, 3.8) is 0 Å². The molecule has 0 saturated heterocycles. The normalized spacial score (nSPS) is 26.6. The zero-order chi connectivity index (χ0) is 10.8. The molecule has 1 rings (SSSR count). The first-order valence-electron chi connectivity index (χ1n) is 5.07. The average molecular weight is 200 g/mol. The van der Waals surface area contributed by atoms with Crippen LogP contribution in [-0.2, 0) is 4.74 Å². The lowest BCUT2D eigenvalue weighted by molar-refractivity contribution is 0.0304. The topological polar surface area (TPSA) is 50.4 Å². The molecule has 0 spiro atoms. The predicted molar refractivity (Wildman–Crippen MR) is 55.2 cm³/mol. The van der Waals surface area contributed by atoms with E-state index in [1.807, 2.05) is 27.8 Å². The van der Waals surface area contributed by atoms with Crippen LogP contribution in [0.2, 0.25) is 0 Å². The summed E-state index contributed by atoms with van der Waals surface area (Å²) in [7, 11) is 1.93. The van der Waals surface area contributed by atoms with Crippen LogP contribution in [0.25, 0.3) is 0 Å². The van der Waals surface area contributed by atoms with E-state index in [1.54, 1.807) is 0 Å². The fourth-order valence-electron chi connectivity index (χ4n) is 1.38. The third-order valence-electron chi connectivity index (χ3n) is 2.25. The summed E-state index contributed by atoms with van der Waals surface area (Å²) < 4.78 is 5.20. The van der Waals surface area contributed by atoms with Gasteiger partial charge in [0, 0.05) is 11.6 Å². The molecule has 0 atom stereocenters. The van der Waals surface area contributed by atoms with Gasteiger partial charge in [0.1, 0.15) is 6.10 Å². The molecular weight excluding hydrogens is 180 g/mol. The molecule has 0 aromatic carbocycles. The van der Waals surface area contributed by atoms with E-state index in [2.05, 4.69) is 10.6 Å². The fourth-order valence-corrected chi connectivity index (χ4v) is 1.38. The van der Waals surface area contributed by atoms with Crippen LogP contribution >= 0.6 is 0 Å². The lowest BCUT2D eigenvalue weighted by Crippen LogP contribution is -2.48. The largest absolute Gasteiger partial charge is 0.446 e. The van der Waals surface area contributed by atoms with Gasteiger partial charge in [-0.2, -0.15) is 0 Å². The number of ether oxygens (including phenoxy) is 1. The highest BCUT2D eigenvalue weighted by Crippen LogP contribution is 2.23. The van der Waals surface area contributed by atoms with Crippen LogP contribution in [0, 0.1) is 0 Å². The third kappa shape index (κ3) is 3.54. The monoisotopic (exact) mass is 200 g/mol. The van der Waals surface area contributed by atoms with Gasteiger partial charge in [-0.05, 0) is 40.7 Å². The van der Waals surface area contributed by atoms with Crippen LogP contribution in [0.1, 0.15) is 33.6 Å². The van der Waals surface area contributed by atoms with Crippen molar-refractivity contribution in [3.8, 4) is 0 Å². The zero-order valence-electron chi connectivity index (χ0n) is 9.39. The van der Waals surface area contributed by atoms with E-state index in [0.717, 1.165) is 12.8 Å². The Bertz CT molecular complexity index is 205. The molecule has 0 radical (unpaired) electrons. The van der Waals surface area contributed by atoms with Gasteiger partial charge in [0.15, 0.2) is 0 Å². The van der Waals surface area contributed by atoms with E-state index < -0.39 is 0 Å². The molecule has 0 unspecified atom stereocenters. The van der Waals surface area contributed by atoms with Crippen molar-refractivity contribution in [3.05, 3.63) is 0 Å². The van der Waals surface area contributed by atoms with Gasteiger partial charge >= 0.3 is 6.09 Å². The van der Waals surface area contributed by atoms with Gasteiger partial charge in [0.05, 0.1) is 0 Å². The highest BCUT2D eigenvalue weighted by atomic mass is 16.6. The number of carbonyl (C=O) groups is 1.